The van der Waals surface area contributed by atoms with Crippen LogP contribution in [0.1, 0.15) is 26.7 Å². The van der Waals surface area contributed by atoms with Crippen LogP contribution >= 0.6 is 0 Å². The van der Waals surface area contributed by atoms with Crippen LogP contribution in [0.25, 0.3) is 0 Å². The summed E-state index contributed by atoms with van der Waals surface area (Å²) in [5.74, 6) is 4.07. The molecule has 5 heteroatoms. The van der Waals surface area contributed by atoms with Crippen molar-refractivity contribution in [3.63, 3.8) is 0 Å². The van der Waals surface area contributed by atoms with Gasteiger partial charge in [0, 0.05) is 6.42 Å². The van der Waals surface area contributed by atoms with Gasteiger partial charge in [0.05, 0.1) is 20.1 Å². The van der Waals surface area contributed by atoms with Gasteiger partial charge in [-0.1, -0.05) is 0 Å². The van der Waals surface area contributed by atoms with Crippen LogP contribution in [0.4, 0.5) is 0 Å². The van der Waals surface area contributed by atoms with Gasteiger partial charge >= 0.3 is 5.97 Å². The Kier molecular flexibility index (Phi) is 12.4. The highest BCUT2D eigenvalue weighted by Gasteiger charge is 2.02. The number of carbonyl (C=O) groups excluding carboxylic acids is 2. The van der Waals surface area contributed by atoms with Gasteiger partial charge in [0.25, 0.3) is 0 Å². The third-order valence-corrected chi connectivity index (χ3v) is 0.987. The Labute approximate surface area is 78.1 Å². The Morgan fingerprint density at radius 2 is 1.77 bits per heavy atom. The minimum Gasteiger partial charge on any atom is -0.466 e. The maximum absolute atomic E-state index is 10.6. The molecule has 0 saturated heterocycles. The van der Waals surface area contributed by atoms with Gasteiger partial charge < -0.3 is 14.4 Å². The number of Topliss-reactive ketones (excluding diaryl/α,β-unsaturated/α-hetero) is 1. The van der Waals surface area contributed by atoms with Gasteiger partial charge in [0.15, 0.2) is 0 Å². The lowest BCUT2D eigenvalue weighted by molar-refractivity contribution is -0.144. The number of esters is 1. The van der Waals surface area contributed by atoms with E-state index in [2.05, 4.69) is 15.5 Å². The molecule has 0 amide bonds. The van der Waals surface area contributed by atoms with Crippen molar-refractivity contribution in [2.45, 2.75) is 26.7 Å². The first-order valence-electron chi connectivity index (χ1n) is 3.96. The molecule has 13 heavy (non-hydrogen) atoms. The second-order valence-corrected chi connectivity index (χ2v) is 2.24. The van der Waals surface area contributed by atoms with Crippen molar-refractivity contribution < 1.29 is 19.2 Å². The molecule has 0 aliphatic heterocycles. The smallest absolute Gasteiger partial charge is 0.306 e. The van der Waals surface area contributed by atoms with Crippen molar-refractivity contribution >= 4 is 11.8 Å². The molecule has 0 spiro atoms. The van der Waals surface area contributed by atoms with Crippen molar-refractivity contribution in [2.75, 3.05) is 13.7 Å². The molecule has 5 nitrogen and oxygen atoms in total. The van der Waals surface area contributed by atoms with Crippen molar-refractivity contribution in [1.82, 2.24) is 0 Å². The number of hydrogen-bond acceptors (Lipinski definition) is 5. The molecule has 0 aromatic heterocycles. The summed E-state index contributed by atoms with van der Waals surface area (Å²) < 4.78 is 4.60. The van der Waals surface area contributed by atoms with E-state index in [1.807, 2.05) is 0 Å². The molecule has 2 N–H and O–H groups in total. The zero-order chi connectivity index (χ0) is 10.7. The predicted octanol–water partition coefficient (Wildman–Crippen LogP) is 0.425. The molecule has 0 aliphatic rings. The van der Waals surface area contributed by atoms with Crippen molar-refractivity contribution in [3.05, 3.63) is 0 Å². The number of ether oxygens (including phenoxy) is 1. The zero-order valence-corrected chi connectivity index (χ0v) is 8.33. The number of rotatable bonds is 4. The maximum atomic E-state index is 10.6. The average molecular weight is 191 g/mol. The summed E-state index contributed by atoms with van der Waals surface area (Å²) in [7, 11) is 1.40. The number of hydrogen-bond donors (Lipinski definition) is 1. The van der Waals surface area contributed by atoms with E-state index in [0.29, 0.717) is 13.0 Å². The molecule has 0 atom stereocenters. The van der Waals surface area contributed by atoms with Gasteiger partial charge in [0.2, 0.25) is 0 Å². The molecule has 0 aliphatic carbocycles. The van der Waals surface area contributed by atoms with Crippen LogP contribution < -0.4 is 5.90 Å². The number of ketones is 1. The van der Waals surface area contributed by atoms with Crippen LogP contribution in [0, 0.1) is 0 Å². The first-order chi connectivity index (χ1) is 6.08. The van der Waals surface area contributed by atoms with E-state index in [9.17, 15) is 9.59 Å². The number of nitrogens with two attached hydrogens (primary N) is 1. The van der Waals surface area contributed by atoms with E-state index in [4.69, 9.17) is 0 Å². The average Bonchev–Trinajstić information content (AvgIpc) is 2.03. The molecule has 0 aromatic rings. The van der Waals surface area contributed by atoms with Crippen molar-refractivity contribution in [1.29, 1.82) is 0 Å². The van der Waals surface area contributed by atoms with E-state index in [0.717, 1.165) is 0 Å². The van der Waals surface area contributed by atoms with Gasteiger partial charge in [-0.05, 0) is 13.8 Å². The van der Waals surface area contributed by atoms with Crippen LogP contribution in [-0.2, 0) is 19.2 Å². The van der Waals surface area contributed by atoms with E-state index < -0.39 is 0 Å². The summed E-state index contributed by atoms with van der Waals surface area (Å²) in [6.07, 6.45) is 0.502. The molecule has 0 bridgehead atoms. The third kappa shape index (κ3) is 18.2. The molecule has 78 valence electrons. The predicted molar refractivity (Wildman–Crippen MR) is 47.7 cm³/mol. The van der Waals surface area contributed by atoms with Crippen LogP contribution in [0.15, 0.2) is 0 Å². The van der Waals surface area contributed by atoms with Gasteiger partial charge in [-0.15, -0.1) is 0 Å². The fourth-order valence-electron chi connectivity index (χ4n) is 0.511. The van der Waals surface area contributed by atoms with E-state index in [-0.39, 0.29) is 18.2 Å². The lowest BCUT2D eigenvalue weighted by Crippen LogP contribution is -2.05. The Balaban J connectivity index is 0. The first-order valence-corrected chi connectivity index (χ1v) is 3.96. The molecule has 0 saturated carbocycles. The molecule has 0 rings (SSSR count). The Morgan fingerprint density at radius 1 is 1.31 bits per heavy atom. The molecular weight excluding hydrogens is 174 g/mol. The fourth-order valence-corrected chi connectivity index (χ4v) is 0.511. The fraction of sp³-hybridized carbons (Fsp3) is 0.750. The molecular formula is C8H17NO4. The van der Waals surface area contributed by atoms with Crippen LogP contribution in [0.2, 0.25) is 0 Å². The highest BCUT2D eigenvalue weighted by Crippen LogP contribution is 1.92. The maximum Gasteiger partial charge on any atom is 0.306 e. The molecule has 0 heterocycles. The Bertz CT molecular complexity index is 147. The quantitative estimate of drug-likeness (QED) is 0.514. The lowest BCUT2D eigenvalue weighted by atomic mass is 10.2. The Hall–Kier alpha value is -0.940. The summed E-state index contributed by atoms with van der Waals surface area (Å²) in [6, 6.07) is 0. The van der Waals surface area contributed by atoms with Crippen LogP contribution in [-0.4, -0.2) is 25.5 Å². The zero-order valence-electron chi connectivity index (χ0n) is 8.33. The first kappa shape index (κ1) is 14.6. The minimum atomic E-state index is -0.294. The lowest BCUT2D eigenvalue weighted by Gasteiger charge is -1.97. The standard InChI is InChI=1S/C7H12O3.CH5NO/c1-3-10-7(9)5-4-6(2)8;1-3-2/h3-5H2,1-2H3;2H2,1H3. The monoisotopic (exact) mass is 191 g/mol. The van der Waals surface area contributed by atoms with E-state index in [1.54, 1.807) is 6.92 Å². The van der Waals surface area contributed by atoms with E-state index in [1.165, 1.54) is 14.0 Å². The highest BCUT2D eigenvalue weighted by atomic mass is 16.6. The van der Waals surface area contributed by atoms with Crippen molar-refractivity contribution in [3.8, 4) is 0 Å². The van der Waals surface area contributed by atoms with Crippen LogP contribution in [0.5, 0.6) is 0 Å². The summed E-state index contributed by atoms with van der Waals surface area (Å²) in [6.45, 7) is 3.58. The molecule has 0 fully saturated rings. The van der Waals surface area contributed by atoms with Gasteiger partial charge in [-0.3, -0.25) is 4.79 Å². The number of carbonyl (C=O) groups is 2. The molecule has 0 unspecified atom stereocenters. The van der Waals surface area contributed by atoms with Gasteiger partial charge in [-0.2, -0.15) is 0 Å². The summed E-state index contributed by atoms with van der Waals surface area (Å²) >= 11 is 0. The Morgan fingerprint density at radius 3 is 2.08 bits per heavy atom. The summed E-state index contributed by atoms with van der Waals surface area (Å²) in [4.78, 5) is 24.7. The third-order valence-electron chi connectivity index (χ3n) is 0.987. The van der Waals surface area contributed by atoms with Gasteiger partial charge in [0.1, 0.15) is 5.78 Å². The summed E-state index contributed by atoms with van der Waals surface area (Å²) in [5.41, 5.74) is 0. The SMILES string of the molecule is CCOC(=O)CCC(C)=O.CON. The van der Waals surface area contributed by atoms with Crippen molar-refractivity contribution in [2.24, 2.45) is 5.90 Å². The second kappa shape index (κ2) is 11.1. The highest BCUT2D eigenvalue weighted by molar-refractivity contribution is 5.80. The normalized spacial score (nSPS) is 8.31. The largest absolute Gasteiger partial charge is 0.466 e. The summed E-state index contributed by atoms with van der Waals surface area (Å²) in [5, 5.41) is 0. The topological polar surface area (TPSA) is 78.6 Å². The van der Waals surface area contributed by atoms with Gasteiger partial charge in [-0.25, -0.2) is 5.90 Å². The second-order valence-electron chi connectivity index (χ2n) is 2.24. The van der Waals surface area contributed by atoms with E-state index >= 15 is 0 Å². The molecule has 0 aromatic carbocycles. The van der Waals surface area contributed by atoms with Crippen LogP contribution in [0.3, 0.4) is 0 Å². The molecule has 0 radical (unpaired) electrons. The minimum absolute atomic E-state index is 0.0213.